The van der Waals surface area contributed by atoms with Crippen LogP contribution in [0.1, 0.15) is 24.4 Å². The molecule has 2 rings (SSSR count). The molecule has 1 aliphatic rings. The van der Waals surface area contributed by atoms with E-state index in [0.717, 1.165) is 0 Å². The van der Waals surface area contributed by atoms with Gasteiger partial charge in [-0.15, -0.1) is 24.8 Å². The highest BCUT2D eigenvalue weighted by Crippen LogP contribution is 2.33. The summed E-state index contributed by atoms with van der Waals surface area (Å²) in [6.07, 6.45) is -5.25. The first kappa shape index (κ1) is 22.9. The molecule has 0 aliphatic carbocycles. The van der Waals surface area contributed by atoms with Crippen molar-refractivity contribution in [2.75, 3.05) is 26.2 Å². The third-order valence-corrected chi connectivity index (χ3v) is 4.11. The molecule has 1 aliphatic heterocycles. The molecule has 0 bridgehead atoms. The first-order valence-corrected chi connectivity index (χ1v) is 7.62. The van der Waals surface area contributed by atoms with Gasteiger partial charge in [0.25, 0.3) is 0 Å². The van der Waals surface area contributed by atoms with Crippen molar-refractivity contribution in [3.05, 3.63) is 34.1 Å². The zero-order valence-electron chi connectivity index (χ0n) is 12.2. The van der Waals surface area contributed by atoms with Gasteiger partial charge >= 0.3 is 6.18 Å². The second-order valence-corrected chi connectivity index (χ2v) is 6.04. The molecule has 1 N–H and O–H groups in total. The van der Waals surface area contributed by atoms with E-state index in [1.807, 2.05) is 4.90 Å². The van der Waals surface area contributed by atoms with Gasteiger partial charge in [-0.25, -0.2) is 4.39 Å². The maximum absolute atomic E-state index is 14.1. The highest BCUT2D eigenvalue weighted by atomic mass is 79.9. The zero-order chi connectivity index (χ0) is 15.5. The van der Waals surface area contributed by atoms with Gasteiger partial charge in [0.15, 0.2) is 0 Å². The van der Waals surface area contributed by atoms with Crippen LogP contribution in [-0.4, -0.2) is 37.3 Å². The number of nitrogens with one attached hydrogen (secondary N) is 1. The molecule has 1 fully saturated rings. The Morgan fingerprint density at radius 3 is 2.30 bits per heavy atom. The summed E-state index contributed by atoms with van der Waals surface area (Å²) in [4.78, 5) is 1.93. The van der Waals surface area contributed by atoms with E-state index in [0.29, 0.717) is 36.2 Å². The summed E-state index contributed by atoms with van der Waals surface area (Å²) in [6, 6.07) is 4.00. The molecule has 0 radical (unpaired) electrons. The Labute approximate surface area is 153 Å². The Morgan fingerprint density at radius 1 is 1.17 bits per heavy atom. The van der Waals surface area contributed by atoms with Crippen molar-refractivity contribution >= 4 is 40.7 Å². The van der Waals surface area contributed by atoms with Crippen LogP contribution < -0.4 is 5.32 Å². The van der Waals surface area contributed by atoms with Gasteiger partial charge in [-0.3, -0.25) is 4.90 Å². The van der Waals surface area contributed by atoms with Gasteiger partial charge in [-0.1, -0.05) is 22.0 Å². The lowest BCUT2D eigenvalue weighted by atomic mass is 9.98. The normalized spacial score (nSPS) is 17.1. The van der Waals surface area contributed by atoms with E-state index in [4.69, 9.17) is 0 Å². The molecule has 1 aromatic rings. The van der Waals surface area contributed by atoms with Crippen LogP contribution >= 0.6 is 40.7 Å². The summed E-state index contributed by atoms with van der Waals surface area (Å²) >= 11 is 3.17. The lowest BCUT2D eigenvalue weighted by Gasteiger charge is -2.35. The van der Waals surface area contributed by atoms with E-state index in [-0.39, 0.29) is 31.2 Å². The molecule has 23 heavy (non-hydrogen) atoms. The van der Waals surface area contributed by atoms with Gasteiger partial charge in [0.1, 0.15) is 5.82 Å². The van der Waals surface area contributed by atoms with Crippen molar-refractivity contribution in [1.82, 2.24) is 10.2 Å². The van der Waals surface area contributed by atoms with Crippen molar-refractivity contribution in [2.24, 2.45) is 0 Å². The van der Waals surface area contributed by atoms with E-state index in [2.05, 4.69) is 21.2 Å². The molecule has 0 aromatic heterocycles. The van der Waals surface area contributed by atoms with Crippen molar-refractivity contribution in [2.45, 2.75) is 25.1 Å². The fourth-order valence-electron chi connectivity index (χ4n) is 2.60. The van der Waals surface area contributed by atoms with Gasteiger partial charge in [-0.05, 0) is 18.6 Å². The summed E-state index contributed by atoms with van der Waals surface area (Å²) in [5, 5.41) is 3.15. The lowest BCUT2D eigenvalue weighted by molar-refractivity contribution is -0.138. The second-order valence-electron chi connectivity index (χ2n) is 5.12. The summed E-state index contributed by atoms with van der Waals surface area (Å²) in [6.45, 7) is 2.66. The van der Waals surface area contributed by atoms with E-state index >= 15 is 0 Å². The van der Waals surface area contributed by atoms with Crippen LogP contribution in [0.15, 0.2) is 22.7 Å². The van der Waals surface area contributed by atoms with Crippen molar-refractivity contribution < 1.29 is 17.6 Å². The van der Waals surface area contributed by atoms with Gasteiger partial charge < -0.3 is 5.32 Å². The molecule has 1 aromatic carbocycles. The first-order valence-electron chi connectivity index (χ1n) is 6.83. The number of hydrogen-bond donors (Lipinski definition) is 1. The SMILES string of the molecule is Cl.Cl.Fc1cc(Br)ccc1[C@@H](CCC(F)(F)F)N1CCNCC1. The van der Waals surface area contributed by atoms with E-state index in [1.54, 1.807) is 12.1 Å². The Balaban J connectivity index is 0.00000242. The average Bonchev–Trinajstić information content (AvgIpc) is 2.41. The fourth-order valence-corrected chi connectivity index (χ4v) is 2.93. The molecule has 1 atom stereocenters. The van der Waals surface area contributed by atoms with Crippen LogP contribution in [0.25, 0.3) is 0 Å². The van der Waals surface area contributed by atoms with Crippen LogP contribution in [0.5, 0.6) is 0 Å². The highest BCUT2D eigenvalue weighted by molar-refractivity contribution is 9.10. The van der Waals surface area contributed by atoms with Crippen molar-refractivity contribution in [1.29, 1.82) is 0 Å². The quantitative estimate of drug-likeness (QED) is 0.680. The number of rotatable bonds is 4. The minimum Gasteiger partial charge on any atom is -0.314 e. The molecule has 0 spiro atoms. The third kappa shape index (κ3) is 7.13. The Hall–Kier alpha value is -0.0800. The smallest absolute Gasteiger partial charge is 0.314 e. The molecular weight excluding hydrogens is 423 g/mol. The predicted octanol–water partition coefficient (Wildman–Crippen LogP) is 4.72. The number of piperazine rings is 1. The topological polar surface area (TPSA) is 15.3 Å². The molecule has 134 valence electrons. The number of halogens is 7. The van der Waals surface area contributed by atoms with Crippen molar-refractivity contribution in [3.63, 3.8) is 0 Å². The third-order valence-electron chi connectivity index (χ3n) is 3.62. The summed E-state index contributed by atoms with van der Waals surface area (Å²) in [5.41, 5.74) is 0.337. The van der Waals surface area contributed by atoms with Gasteiger partial charge in [0.05, 0.1) is 0 Å². The molecule has 0 saturated carbocycles. The van der Waals surface area contributed by atoms with E-state index in [1.165, 1.54) is 6.07 Å². The maximum atomic E-state index is 14.1. The fraction of sp³-hybridized carbons (Fsp3) is 0.571. The minimum atomic E-state index is -4.22. The zero-order valence-corrected chi connectivity index (χ0v) is 15.4. The van der Waals surface area contributed by atoms with Gasteiger partial charge in [0.2, 0.25) is 0 Å². The molecular formula is C14H19BrCl2F4N2. The van der Waals surface area contributed by atoms with Crippen LogP contribution in [0.4, 0.5) is 17.6 Å². The predicted molar refractivity (Wildman–Crippen MR) is 91.1 cm³/mol. The molecule has 9 heteroatoms. The summed E-state index contributed by atoms with van der Waals surface area (Å²) in [7, 11) is 0. The molecule has 2 nitrogen and oxygen atoms in total. The molecule has 0 unspecified atom stereocenters. The van der Waals surface area contributed by atoms with Crippen LogP contribution in [-0.2, 0) is 0 Å². The highest BCUT2D eigenvalue weighted by Gasteiger charge is 2.32. The van der Waals surface area contributed by atoms with Gasteiger partial charge in [-0.2, -0.15) is 13.2 Å². The monoisotopic (exact) mass is 440 g/mol. The summed E-state index contributed by atoms with van der Waals surface area (Å²) in [5.74, 6) is -0.463. The Morgan fingerprint density at radius 2 is 1.78 bits per heavy atom. The molecule has 1 saturated heterocycles. The lowest BCUT2D eigenvalue weighted by Crippen LogP contribution is -2.45. The van der Waals surface area contributed by atoms with E-state index < -0.39 is 24.5 Å². The second kappa shape index (κ2) is 10.0. The minimum absolute atomic E-state index is 0. The van der Waals surface area contributed by atoms with Crippen LogP contribution in [0.2, 0.25) is 0 Å². The Kier molecular flexibility index (Phi) is 10.00. The number of nitrogens with zero attached hydrogens (tertiary/aromatic N) is 1. The standard InChI is InChI=1S/C14H17BrF4N2.2ClH/c15-10-1-2-11(12(16)9-10)13(3-4-14(17,18)19)21-7-5-20-6-8-21;;/h1-2,9,13,20H,3-8H2;2*1H/t13-;;/m1../s1. The number of alkyl halides is 3. The largest absolute Gasteiger partial charge is 0.389 e. The first-order chi connectivity index (χ1) is 9.87. The average molecular weight is 442 g/mol. The molecule has 1 heterocycles. The van der Waals surface area contributed by atoms with Crippen LogP contribution in [0.3, 0.4) is 0 Å². The molecule has 0 amide bonds. The Bertz CT molecular complexity index is 482. The summed E-state index contributed by atoms with van der Waals surface area (Å²) < 4.78 is 52.3. The van der Waals surface area contributed by atoms with Crippen LogP contribution in [0, 0.1) is 5.82 Å². The van der Waals surface area contributed by atoms with Gasteiger partial charge in [0, 0.05) is 48.7 Å². The van der Waals surface area contributed by atoms with Crippen molar-refractivity contribution in [3.8, 4) is 0 Å². The number of benzene rings is 1. The maximum Gasteiger partial charge on any atom is 0.389 e. The number of hydrogen-bond acceptors (Lipinski definition) is 2. The van der Waals surface area contributed by atoms with E-state index in [9.17, 15) is 17.6 Å².